The van der Waals surface area contributed by atoms with Gasteiger partial charge in [-0.2, -0.15) is 0 Å². The van der Waals surface area contributed by atoms with Crippen molar-refractivity contribution in [3.8, 4) is 0 Å². The molecule has 1 atom stereocenters. The van der Waals surface area contributed by atoms with Gasteiger partial charge in [-0.15, -0.1) is 0 Å². The normalized spacial score (nSPS) is 17.6. The molecule has 2 rings (SSSR count). The van der Waals surface area contributed by atoms with Crippen molar-refractivity contribution in [3.05, 3.63) is 35.6 Å². The zero-order valence-electron chi connectivity index (χ0n) is 18.2. The molecule has 1 aromatic rings. The smallest absolute Gasteiger partial charge is 0.209 e. The molecule has 8 nitrogen and oxygen atoms in total. The molecule has 1 aromatic carbocycles. The van der Waals surface area contributed by atoms with E-state index in [0.29, 0.717) is 32.3 Å². The van der Waals surface area contributed by atoms with Crippen LogP contribution in [0.2, 0.25) is 0 Å². The van der Waals surface area contributed by atoms with Crippen molar-refractivity contribution in [2.24, 2.45) is 4.99 Å². The maximum Gasteiger partial charge on any atom is 0.209 e. The number of rotatable bonds is 9. The van der Waals surface area contributed by atoms with E-state index in [1.807, 2.05) is 6.92 Å². The highest BCUT2D eigenvalue weighted by Crippen LogP contribution is 2.21. The molecule has 0 radical (unpaired) electrons. The molecule has 1 aliphatic rings. The molecule has 1 aliphatic heterocycles. The Balaban J connectivity index is 2.11. The van der Waals surface area contributed by atoms with Crippen LogP contribution in [0, 0.1) is 5.82 Å². The molecule has 1 heterocycles. The Morgan fingerprint density at radius 3 is 2.43 bits per heavy atom. The van der Waals surface area contributed by atoms with E-state index in [2.05, 4.69) is 25.2 Å². The lowest BCUT2D eigenvalue weighted by Crippen LogP contribution is -2.48. The van der Waals surface area contributed by atoms with Gasteiger partial charge in [-0.1, -0.05) is 12.1 Å². The zero-order valence-corrected chi connectivity index (χ0v) is 19.1. The van der Waals surface area contributed by atoms with Gasteiger partial charge in [0.25, 0.3) is 0 Å². The summed E-state index contributed by atoms with van der Waals surface area (Å²) >= 11 is 0. The topological polar surface area (TPSA) is 95.1 Å². The summed E-state index contributed by atoms with van der Waals surface area (Å²) in [6, 6.07) is 6.59. The van der Waals surface area contributed by atoms with Gasteiger partial charge in [0.1, 0.15) is 5.82 Å². The highest BCUT2D eigenvalue weighted by molar-refractivity contribution is 7.88. The third kappa shape index (κ3) is 8.55. The molecule has 10 heteroatoms. The fourth-order valence-electron chi connectivity index (χ4n) is 3.38. The Labute approximate surface area is 179 Å². The molecule has 1 fully saturated rings. The van der Waals surface area contributed by atoms with Crippen LogP contribution in [0.15, 0.2) is 29.3 Å². The maximum absolute atomic E-state index is 13.4. The summed E-state index contributed by atoms with van der Waals surface area (Å²) in [6.07, 6.45) is 1.14. The van der Waals surface area contributed by atoms with Crippen molar-refractivity contribution in [3.63, 3.8) is 0 Å². The summed E-state index contributed by atoms with van der Waals surface area (Å²) in [7, 11) is -3.33. The Hall–Kier alpha value is -1.75. The van der Waals surface area contributed by atoms with E-state index in [0.717, 1.165) is 24.9 Å². The van der Waals surface area contributed by atoms with E-state index in [1.165, 1.54) is 12.1 Å². The molecule has 170 valence electrons. The third-order valence-corrected chi connectivity index (χ3v) is 5.57. The molecular weight excluding hydrogens is 409 g/mol. The van der Waals surface area contributed by atoms with Crippen molar-refractivity contribution in [1.29, 1.82) is 0 Å². The summed E-state index contributed by atoms with van der Waals surface area (Å²) in [4.78, 5) is 6.87. The lowest BCUT2D eigenvalue weighted by atomic mass is 10.0. The monoisotopic (exact) mass is 443 g/mol. The van der Waals surface area contributed by atoms with Crippen LogP contribution in [0.4, 0.5) is 4.39 Å². The molecule has 30 heavy (non-hydrogen) atoms. The predicted octanol–water partition coefficient (Wildman–Crippen LogP) is 1.08. The minimum Gasteiger partial charge on any atom is -0.379 e. The number of morpholine rings is 1. The molecule has 3 N–H and O–H groups in total. The van der Waals surface area contributed by atoms with Gasteiger partial charge in [-0.05, 0) is 38.5 Å². The van der Waals surface area contributed by atoms with E-state index >= 15 is 0 Å². The Bertz CT molecular complexity index is 793. The minimum absolute atomic E-state index is 0.0283. The average Bonchev–Trinajstić information content (AvgIpc) is 2.66. The van der Waals surface area contributed by atoms with Crippen LogP contribution in [0.1, 0.15) is 32.4 Å². The van der Waals surface area contributed by atoms with Crippen molar-refractivity contribution < 1.29 is 17.5 Å². The summed E-state index contributed by atoms with van der Waals surface area (Å²) in [5.41, 5.74) is 0.303. The number of hydrogen-bond acceptors (Lipinski definition) is 5. The van der Waals surface area contributed by atoms with E-state index < -0.39 is 15.6 Å². The van der Waals surface area contributed by atoms with Crippen LogP contribution in [-0.2, 0) is 14.8 Å². The fourth-order valence-corrected chi connectivity index (χ4v) is 4.45. The van der Waals surface area contributed by atoms with Crippen LogP contribution in [0.5, 0.6) is 0 Å². The SMILES string of the molecule is CCNC(=NCC(C)(C)NS(C)(=O)=O)NCC(c1ccc(F)cc1)N1CCOCC1. The van der Waals surface area contributed by atoms with Crippen LogP contribution in [-0.4, -0.2) is 77.0 Å². The first-order chi connectivity index (χ1) is 14.1. The number of nitrogens with one attached hydrogen (secondary N) is 3. The predicted molar refractivity (Wildman–Crippen MR) is 118 cm³/mol. The fraction of sp³-hybridized carbons (Fsp3) is 0.650. The number of nitrogens with zero attached hydrogens (tertiary/aromatic N) is 2. The first-order valence-electron chi connectivity index (χ1n) is 10.2. The first-order valence-corrected chi connectivity index (χ1v) is 12.1. The minimum atomic E-state index is -3.33. The van der Waals surface area contributed by atoms with Crippen molar-refractivity contribution in [2.75, 3.05) is 52.2 Å². The summed E-state index contributed by atoms with van der Waals surface area (Å²) < 4.78 is 44.6. The molecule has 1 saturated heterocycles. The second kappa shape index (κ2) is 11.0. The molecule has 0 aliphatic carbocycles. The third-order valence-electron chi connectivity index (χ3n) is 4.64. The number of guanidine groups is 1. The summed E-state index contributed by atoms with van der Waals surface area (Å²) in [5, 5.41) is 6.55. The van der Waals surface area contributed by atoms with Gasteiger partial charge in [-0.3, -0.25) is 9.89 Å². The van der Waals surface area contributed by atoms with E-state index in [4.69, 9.17) is 4.74 Å². The number of hydrogen-bond donors (Lipinski definition) is 3. The van der Waals surface area contributed by atoms with Crippen molar-refractivity contribution >= 4 is 16.0 Å². The molecule has 0 spiro atoms. The molecule has 1 unspecified atom stereocenters. The molecular formula is C20H34FN5O3S. The number of aliphatic imine (C=N–C) groups is 1. The van der Waals surface area contributed by atoms with Gasteiger partial charge in [0.15, 0.2) is 5.96 Å². The molecule has 0 amide bonds. The highest BCUT2D eigenvalue weighted by Gasteiger charge is 2.24. The number of benzene rings is 1. The van der Waals surface area contributed by atoms with Crippen LogP contribution in [0.3, 0.4) is 0 Å². The Morgan fingerprint density at radius 1 is 1.23 bits per heavy atom. The van der Waals surface area contributed by atoms with E-state index in [1.54, 1.807) is 26.0 Å². The van der Waals surface area contributed by atoms with Crippen molar-refractivity contribution in [1.82, 2.24) is 20.3 Å². The maximum atomic E-state index is 13.4. The standard InChI is InChI=1S/C20H34FN5O3S/c1-5-22-19(24-15-20(2,3)25-30(4,27)28)23-14-18(26-10-12-29-13-11-26)16-6-8-17(21)9-7-16/h6-9,18,25H,5,10-15H2,1-4H3,(H2,22,23,24). The Kier molecular flexibility index (Phi) is 9.02. The Morgan fingerprint density at radius 2 is 1.87 bits per heavy atom. The van der Waals surface area contributed by atoms with Crippen LogP contribution in [0.25, 0.3) is 0 Å². The number of halogens is 1. The van der Waals surface area contributed by atoms with Gasteiger partial charge in [0, 0.05) is 31.7 Å². The van der Waals surface area contributed by atoms with Gasteiger partial charge in [0.05, 0.1) is 32.1 Å². The first kappa shape index (κ1) is 24.5. The van der Waals surface area contributed by atoms with Gasteiger partial charge in [0.2, 0.25) is 10.0 Å². The quantitative estimate of drug-likeness (QED) is 0.391. The van der Waals surface area contributed by atoms with Crippen LogP contribution >= 0.6 is 0 Å². The largest absolute Gasteiger partial charge is 0.379 e. The van der Waals surface area contributed by atoms with Gasteiger partial charge < -0.3 is 15.4 Å². The van der Waals surface area contributed by atoms with E-state index in [-0.39, 0.29) is 18.4 Å². The molecule has 0 bridgehead atoms. The lowest BCUT2D eigenvalue weighted by Gasteiger charge is -2.35. The zero-order chi connectivity index (χ0) is 22.2. The second-order valence-electron chi connectivity index (χ2n) is 8.05. The number of ether oxygens (including phenoxy) is 1. The van der Waals surface area contributed by atoms with E-state index in [9.17, 15) is 12.8 Å². The van der Waals surface area contributed by atoms with Crippen molar-refractivity contribution in [2.45, 2.75) is 32.4 Å². The average molecular weight is 444 g/mol. The molecule has 0 aromatic heterocycles. The van der Waals surface area contributed by atoms with Gasteiger partial charge >= 0.3 is 0 Å². The second-order valence-corrected chi connectivity index (χ2v) is 9.80. The number of sulfonamides is 1. The van der Waals surface area contributed by atoms with Crippen LogP contribution < -0.4 is 15.4 Å². The lowest BCUT2D eigenvalue weighted by molar-refractivity contribution is 0.0170. The molecule has 0 saturated carbocycles. The highest BCUT2D eigenvalue weighted by atomic mass is 32.2. The van der Waals surface area contributed by atoms with Gasteiger partial charge in [-0.25, -0.2) is 17.5 Å². The summed E-state index contributed by atoms with van der Waals surface area (Å²) in [6.45, 7) is 9.97. The summed E-state index contributed by atoms with van der Waals surface area (Å²) in [5.74, 6) is 0.337.